The van der Waals surface area contributed by atoms with E-state index in [9.17, 15) is 4.79 Å². The van der Waals surface area contributed by atoms with Gasteiger partial charge in [0.1, 0.15) is 6.10 Å². The van der Waals surface area contributed by atoms with Crippen LogP contribution < -0.4 is 14.8 Å². The summed E-state index contributed by atoms with van der Waals surface area (Å²) in [4.78, 5) is 14.6. The van der Waals surface area contributed by atoms with Crippen LogP contribution in [-0.4, -0.2) is 43.2 Å². The Morgan fingerprint density at radius 3 is 2.48 bits per heavy atom. The molecule has 5 nitrogen and oxygen atoms in total. The van der Waals surface area contributed by atoms with Gasteiger partial charge >= 0.3 is 0 Å². The first-order valence-corrected chi connectivity index (χ1v) is 10.6. The molecule has 1 unspecified atom stereocenters. The molecule has 3 rings (SSSR count). The maximum absolute atomic E-state index is 12.5. The largest absolute Gasteiger partial charge is 0.490 e. The van der Waals surface area contributed by atoms with Gasteiger partial charge in [0.25, 0.3) is 0 Å². The molecule has 0 aliphatic carbocycles. The van der Waals surface area contributed by atoms with E-state index in [1.807, 2.05) is 62.4 Å². The summed E-state index contributed by atoms with van der Waals surface area (Å²) in [6.07, 6.45) is 1.90. The molecule has 2 aromatic rings. The van der Waals surface area contributed by atoms with Crippen LogP contribution in [0.1, 0.15) is 38.3 Å². The van der Waals surface area contributed by atoms with Crippen molar-refractivity contribution in [1.29, 1.82) is 0 Å². The highest BCUT2D eigenvalue weighted by Crippen LogP contribution is 2.29. The number of nitrogens with zero attached hydrogens (tertiary/aromatic N) is 1. The Morgan fingerprint density at radius 2 is 1.79 bits per heavy atom. The van der Waals surface area contributed by atoms with Crippen LogP contribution in [0.25, 0.3) is 0 Å². The molecule has 1 aliphatic rings. The minimum absolute atomic E-state index is 0.0125. The van der Waals surface area contributed by atoms with Gasteiger partial charge in [0, 0.05) is 18.1 Å². The number of hydrogen-bond donors (Lipinski definition) is 1. The number of para-hydroxylation sites is 2. The van der Waals surface area contributed by atoms with Crippen molar-refractivity contribution < 1.29 is 14.3 Å². The second-order valence-electron chi connectivity index (χ2n) is 7.28. The third kappa shape index (κ3) is 6.12. The van der Waals surface area contributed by atoms with Crippen LogP contribution in [0.2, 0.25) is 5.02 Å². The van der Waals surface area contributed by atoms with E-state index in [1.165, 1.54) is 0 Å². The molecule has 1 fully saturated rings. The molecular weight excluding hydrogens is 388 g/mol. The zero-order valence-corrected chi connectivity index (χ0v) is 17.8. The van der Waals surface area contributed by atoms with E-state index in [4.69, 9.17) is 21.1 Å². The van der Waals surface area contributed by atoms with Crippen LogP contribution in [0.5, 0.6) is 11.5 Å². The molecule has 156 valence electrons. The van der Waals surface area contributed by atoms with E-state index in [0.717, 1.165) is 43.0 Å². The maximum atomic E-state index is 12.5. The summed E-state index contributed by atoms with van der Waals surface area (Å²) >= 11 is 6.22. The van der Waals surface area contributed by atoms with Crippen molar-refractivity contribution in [2.75, 3.05) is 26.2 Å². The summed E-state index contributed by atoms with van der Waals surface area (Å²) in [5.41, 5.74) is 0.933. The Bertz CT molecular complexity index is 806. The van der Waals surface area contributed by atoms with Crippen molar-refractivity contribution in [2.45, 2.75) is 38.8 Å². The first-order chi connectivity index (χ1) is 14.1. The summed E-state index contributed by atoms with van der Waals surface area (Å²) in [7, 11) is 0. The number of halogens is 1. The number of carbonyl (C=O) groups excluding carboxylic acids is 1. The summed E-state index contributed by atoms with van der Waals surface area (Å²) < 4.78 is 11.8. The highest BCUT2D eigenvalue weighted by atomic mass is 35.5. The van der Waals surface area contributed by atoms with Crippen molar-refractivity contribution in [3.63, 3.8) is 0 Å². The van der Waals surface area contributed by atoms with Crippen molar-refractivity contribution >= 4 is 17.5 Å². The molecule has 1 aliphatic heterocycles. The van der Waals surface area contributed by atoms with E-state index >= 15 is 0 Å². The fraction of sp³-hybridized carbons (Fsp3) is 0.435. The minimum atomic E-state index is -0.118. The van der Waals surface area contributed by atoms with Crippen LogP contribution >= 0.6 is 11.6 Å². The summed E-state index contributed by atoms with van der Waals surface area (Å²) in [5, 5.41) is 3.72. The quantitative estimate of drug-likeness (QED) is 0.690. The highest BCUT2D eigenvalue weighted by molar-refractivity contribution is 6.31. The van der Waals surface area contributed by atoms with E-state index in [1.54, 1.807) is 0 Å². The van der Waals surface area contributed by atoms with Crippen molar-refractivity contribution in [3.05, 3.63) is 59.1 Å². The summed E-state index contributed by atoms with van der Waals surface area (Å²) in [6.45, 7) is 6.57. The van der Waals surface area contributed by atoms with Gasteiger partial charge in [-0.3, -0.25) is 9.69 Å². The molecular formula is C23H29ClN2O3. The molecule has 1 saturated heterocycles. The van der Waals surface area contributed by atoms with Crippen molar-refractivity contribution in [1.82, 2.24) is 10.2 Å². The van der Waals surface area contributed by atoms with Gasteiger partial charge in [-0.05, 0) is 50.5 Å². The lowest BCUT2D eigenvalue weighted by molar-refractivity contribution is -0.123. The molecule has 1 atom stereocenters. The van der Waals surface area contributed by atoms with Gasteiger partial charge in [0.05, 0.1) is 19.2 Å². The number of nitrogens with one attached hydrogen (secondary N) is 1. The van der Waals surface area contributed by atoms with E-state index < -0.39 is 0 Å². The van der Waals surface area contributed by atoms with Gasteiger partial charge in [-0.15, -0.1) is 0 Å². The smallest absolute Gasteiger partial charge is 0.234 e. The number of rotatable bonds is 8. The molecule has 0 spiro atoms. The van der Waals surface area contributed by atoms with Crippen molar-refractivity contribution in [3.8, 4) is 11.5 Å². The monoisotopic (exact) mass is 416 g/mol. The predicted octanol–water partition coefficient (Wildman–Crippen LogP) is 4.46. The van der Waals surface area contributed by atoms with Gasteiger partial charge < -0.3 is 14.8 Å². The number of carbonyl (C=O) groups is 1. The SMILES string of the molecule is CCOc1ccccc1OC1CCN(CC(=O)NC(C)c2ccccc2Cl)CC1. The first kappa shape index (κ1) is 21.5. The number of benzene rings is 2. The molecule has 1 N–H and O–H groups in total. The van der Waals surface area contributed by atoms with Crippen LogP contribution in [-0.2, 0) is 4.79 Å². The molecule has 0 bridgehead atoms. The Morgan fingerprint density at radius 1 is 1.14 bits per heavy atom. The lowest BCUT2D eigenvalue weighted by Gasteiger charge is -2.32. The zero-order valence-electron chi connectivity index (χ0n) is 17.1. The molecule has 29 heavy (non-hydrogen) atoms. The molecule has 0 aromatic heterocycles. The fourth-order valence-electron chi connectivity index (χ4n) is 3.58. The average molecular weight is 417 g/mol. The average Bonchev–Trinajstić information content (AvgIpc) is 2.71. The number of hydrogen-bond acceptors (Lipinski definition) is 4. The Balaban J connectivity index is 1.45. The zero-order chi connectivity index (χ0) is 20.6. The highest BCUT2D eigenvalue weighted by Gasteiger charge is 2.23. The topological polar surface area (TPSA) is 50.8 Å². The van der Waals surface area contributed by atoms with Crippen molar-refractivity contribution in [2.24, 2.45) is 0 Å². The molecule has 1 amide bonds. The fourth-order valence-corrected chi connectivity index (χ4v) is 3.88. The third-order valence-corrected chi connectivity index (χ3v) is 5.44. The third-order valence-electron chi connectivity index (χ3n) is 5.09. The normalized spacial score (nSPS) is 16.2. The van der Waals surface area contributed by atoms with Gasteiger partial charge in [-0.1, -0.05) is 41.9 Å². The maximum Gasteiger partial charge on any atom is 0.234 e. The molecule has 6 heteroatoms. The Kier molecular flexibility index (Phi) is 7.78. The Hall–Kier alpha value is -2.24. The lowest BCUT2D eigenvalue weighted by atomic mass is 10.1. The van der Waals surface area contributed by atoms with E-state index in [2.05, 4.69) is 10.2 Å². The summed E-state index contributed by atoms with van der Waals surface area (Å²) in [5.74, 6) is 1.59. The number of likely N-dealkylation sites (tertiary alicyclic amines) is 1. The lowest BCUT2D eigenvalue weighted by Crippen LogP contribution is -2.44. The van der Waals surface area contributed by atoms with Crippen LogP contribution in [0.3, 0.4) is 0 Å². The number of piperidine rings is 1. The number of ether oxygens (including phenoxy) is 2. The van der Waals surface area contributed by atoms with Crippen LogP contribution in [0.15, 0.2) is 48.5 Å². The summed E-state index contributed by atoms with van der Waals surface area (Å²) in [6, 6.07) is 15.3. The predicted molar refractivity (Wildman–Crippen MR) is 116 cm³/mol. The molecule has 1 heterocycles. The second kappa shape index (κ2) is 10.5. The minimum Gasteiger partial charge on any atom is -0.490 e. The Labute approximate surface area is 177 Å². The van der Waals surface area contributed by atoms with E-state index in [-0.39, 0.29) is 18.1 Å². The molecule has 0 saturated carbocycles. The second-order valence-corrected chi connectivity index (χ2v) is 7.69. The van der Waals surface area contributed by atoms with Gasteiger partial charge in [0.2, 0.25) is 5.91 Å². The molecule has 0 radical (unpaired) electrons. The van der Waals surface area contributed by atoms with Gasteiger partial charge in [-0.25, -0.2) is 0 Å². The standard InChI is InChI=1S/C23H29ClN2O3/c1-3-28-21-10-6-7-11-22(21)29-18-12-14-26(15-13-18)16-23(27)25-17(2)19-8-4-5-9-20(19)24/h4-11,17-18H,3,12-16H2,1-2H3,(H,25,27). The first-order valence-electron chi connectivity index (χ1n) is 10.2. The van der Waals surface area contributed by atoms with E-state index in [0.29, 0.717) is 18.2 Å². The van der Waals surface area contributed by atoms with Gasteiger partial charge in [0.15, 0.2) is 11.5 Å². The number of amides is 1. The van der Waals surface area contributed by atoms with Crippen LogP contribution in [0, 0.1) is 0 Å². The molecule has 2 aromatic carbocycles. The van der Waals surface area contributed by atoms with Gasteiger partial charge in [-0.2, -0.15) is 0 Å². The van der Waals surface area contributed by atoms with Crippen LogP contribution in [0.4, 0.5) is 0 Å².